The molecular formula is C17H20Cl2N6OS. The summed E-state index contributed by atoms with van der Waals surface area (Å²) in [6.45, 7) is 3.83. The third kappa shape index (κ3) is 4.02. The Kier molecular flexibility index (Phi) is 5.48. The van der Waals surface area contributed by atoms with Gasteiger partial charge in [0.25, 0.3) is 0 Å². The van der Waals surface area contributed by atoms with Crippen LogP contribution in [0, 0.1) is 6.92 Å². The summed E-state index contributed by atoms with van der Waals surface area (Å²) in [4.78, 5) is 18.8. The van der Waals surface area contributed by atoms with Gasteiger partial charge >= 0.3 is 0 Å². The predicted molar refractivity (Wildman–Crippen MR) is 108 cm³/mol. The molecule has 7 nitrogen and oxygen atoms in total. The normalized spacial score (nSPS) is 16.8. The van der Waals surface area contributed by atoms with Crippen molar-refractivity contribution in [2.24, 2.45) is 0 Å². The van der Waals surface area contributed by atoms with Gasteiger partial charge in [-0.15, -0.1) is 10.2 Å². The van der Waals surface area contributed by atoms with E-state index in [1.54, 1.807) is 6.92 Å². The maximum absolute atomic E-state index is 12.4. The molecule has 0 atom stereocenters. The maximum Gasteiger partial charge on any atom is 0.236 e. The fourth-order valence-electron chi connectivity index (χ4n) is 3.10. The summed E-state index contributed by atoms with van der Waals surface area (Å²) >= 11 is 13.6. The molecule has 1 saturated carbocycles. The minimum atomic E-state index is -0.191. The van der Waals surface area contributed by atoms with E-state index in [1.807, 2.05) is 0 Å². The third-order valence-electron chi connectivity index (χ3n) is 4.74. The molecule has 1 N–H and O–H groups in total. The van der Waals surface area contributed by atoms with Crippen molar-refractivity contribution in [1.29, 1.82) is 0 Å². The molecule has 144 valence electrons. The minimum absolute atomic E-state index is 0.191. The Hall–Kier alpha value is -1.51. The van der Waals surface area contributed by atoms with Gasteiger partial charge in [0, 0.05) is 25.3 Å². The summed E-state index contributed by atoms with van der Waals surface area (Å²) in [6.07, 6.45) is 6.15. The van der Waals surface area contributed by atoms with Crippen molar-refractivity contribution in [2.45, 2.75) is 43.8 Å². The molecule has 10 heteroatoms. The van der Waals surface area contributed by atoms with Gasteiger partial charge in [-0.2, -0.15) is 0 Å². The Labute approximate surface area is 171 Å². The first-order valence-corrected chi connectivity index (χ1v) is 10.7. The van der Waals surface area contributed by atoms with E-state index in [2.05, 4.69) is 30.0 Å². The highest BCUT2D eigenvalue weighted by Crippen LogP contribution is 2.41. The summed E-state index contributed by atoms with van der Waals surface area (Å²) in [5, 5.41) is 13.1. The van der Waals surface area contributed by atoms with Crippen LogP contribution in [-0.2, 0) is 4.79 Å². The first kappa shape index (κ1) is 18.8. The molecule has 0 unspecified atom stereocenters. The Balaban J connectivity index is 1.43. The Morgan fingerprint density at radius 2 is 2.04 bits per heavy atom. The second-order valence-corrected chi connectivity index (χ2v) is 8.54. The number of carbonyl (C=O) groups is 1. The molecule has 2 aromatic heterocycles. The molecule has 2 aromatic rings. The van der Waals surface area contributed by atoms with Crippen LogP contribution in [0.15, 0.2) is 11.4 Å². The second kappa shape index (κ2) is 7.85. The summed E-state index contributed by atoms with van der Waals surface area (Å²) in [5.74, 6) is 1.29. The largest absolute Gasteiger partial charge is 0.341 e. The van der Waals surface area contributed by atoms with Gasteiger partial charge in [-0.25, -0.2) is 4.98 Å². The van der Waals surface area contributed by atoms with Crippen molar-refractivity contribution >= 4 is 52.6 Å². The number of rotatable bonds is 6. The number of nitrogens with one attached hydrogen (secondary N) is 1. The zero-order chi connectivity index (χ0) is 19.0. The van der Waals surface area contributed by atoms with Gasteiger partial charge in [0.1, 0.15) is 0 Å². The van der Waals surface area contributed by atoms with E-state index in [9.17, 15) is 4.79 Å². The van der Waals surface area contributed by atoms with E-state index in [1.165, 1.54) is 30.8 Å². The van der Waals surface area contributed by atoms with Crippen LogP contribution in [0.5, 0.6) is 0 Å². The fraction of sp³-hybridized carbons (Fsp3) is 0.529. The lowest BCUT2D eigenvalue weighted by molar-refractivity contribution is -0.113. The average molecular weight is 427 g/mol. The lowest BCUT2D eigenvalue weighted by atomic mass is 10.3. The number of carbonyl (C=O) groups excluding carboxylic acids is 1. The number of hydrogen-bond donors (Lipinski definition) is 1. The van der Waals surface area contributed by atoms with Crippen LogP contribution < -0.4 is 10.2 Å². The van der Waals surface area contributed by atoms with E-state index in [-0.39, 0.29) is 11.7 Å². The van der Waals surface area contributed by atoms with Gasteiger partial charge in [0.2, 0.25) is 11.9 Å². The number of anilines is 2. The molecule has 0 spiro atoms. The molecular weight excluding hydrogens is 407 g/mol. The maximum atomic E-state index is 12.4. The molecule has 2 aliphatic rings. The highest BCUT2D eigenvalue weighted by atomic mass is 35.5. The van der Waals surface area contributed by atoms with Gasteiger partial charge in [0.05, 0.1) is 15.8 Å². The van der Waals surface area contributed by atoms with Crippen LogP contribution in [0.4, 0.5) is 11.8 Å². The van der Waals surface area contributed by atoms with Crippen LogP contribution in [0.3, 0.4) is 0 Å². The standard InChI is InChI=1S/C17H20Cl2N6OS/c1-10-12(18)8-20-15(14(10)19)21-13(26)9-27-17-23-22-16(24-6-2-3-7-24)25(17)11-4-5-11/h8,11H,2-7,9H2,1H3,(H,20,21,26). The zero-order valence-electron chi connectivity index (χ0n) is 14.9. The lowest BCUT2D eigenvalue weighted by Gasteiger charge is -2.17. The summed E-state index contributed by atoms with van der Waals surface area (Å²) in [6, 6.07) is 0.455. The Bertz CT molecular complexity index is 863. The molecule has 3 heterocycles. The SMILES string of the molecule is Cc1c(Cl)cnc(NC(=O)CSc2nnc(N3CCCC3)n2C2CC2)c1Cl. The average Bonchev–Trinajstić information content (AvgIpc) is 3.18. The monoisotopic (exact) mass is 426 g/mol. The zero-order valence-corrected chi connectivity index (χ0v) is 17.2. The van der Waals surface area contributed by atoms with Crippen LogP contribution in [-0.4, -0.2) is 44.5 Å². The van der Waals surface area contributed by atoms with E-state index < -0.39 is 0 Å². The number of halogens is 2. The van der Waals surface area contributed by atoms with E-state index >= 15 is 0 Å². The van der Waals surface area contributed by atoms with Crippen molar-refractivity contribution in [3.8, 4) is 0 Å². The number of nitrogens with zero attached hydrogens (tertiary/aromatic N) is 5. The van der Waals surface area contributed by atoms with Gasteiger partial charge in [0.15, 0.2) is 11.0 Å². The first-order chi connectivity index (χ1) is 13.0. The summed E-state index contributed by atoms with van der Waals surface area (Å²) in [5.41, 5.74) is 0.694. The van der Waals surface area contributed by atoms with E-state index in [0.29, 0.717) is 27.5 Å². The lowest BCUT2D eigenvalue weighted by Crippen LogP contribution is -2.22. The van der Waals surface area contributed by atoms with Crippen LogP contribution >= 0.6 is 35.0 Å². The van der Waals surface area contributed by atoms with Gasteiger partial charge < -0.3 is 10.2 Å². The predicted octanol–water partition coefficient (Wildman–Crippen LogP) is 3.95. The molecule has 1 saturated heterocycles. The molecule has 2 fully saturated rings. The smallest absolute Gasteiger partial charge is 0.236 e. The topological polar surface area (TPSA) is 75.9 Å². The van der Waals surface area contributed by atoms with Gasteiger partial charge in [-0.1, -0.05) is 35.0 Å². The summed E-state index contributed by atoms with van der Waals surface area (Å²) in [7, 11) is 0. The fourth-order valence-corrected chi connectivity index (χ4v) is 4.29. The first-order valence-electron chi connectivity index (χ1n) is 8.97. The molecule has 0 radical (unpaired) electrons. The van der Waals surface area contributed by atoms with Crippen molar-refractivity contribution < 1.29 is 4.79 Å². The third-order valence-corrected chi connectivity index (χ3v) is 6.53. The minimum Gasteiger partial charge on any atom is -0.341 e. The van der Waals surface area contributed by atoms with Crippen LogP contribution in [0.25, 0.3) is 0 Å². The van der Waals surface area contributed by atoms with E-state index in [4.69, 9.17) is 23.2 Å². The van der Waals surface area contributed by atoms with Crippen LogP contribution in [0.1, 0.15) is 37.3 Å². The molecule has 0 bridgehead atoms. The molecule has 1 aliphatic carbocycles. The van der Waals surface area contributed by atoms with Gasteiger partial charge in [-0.05, 0) is 38.2 Å². The highest BCUT2D eigenvalue weighted by Gasteiger charge is 2.32. The van der Waals surface area contributed by atoms with Crippen LogP contribution in [0.2, 0.25) is 10.0 Å². The Morgan fingerprint density at radius 1 is 1.30 bits per heavy atom. The van der Waals surface area contributed by atoms with Crippen molar-refractivity contribution in [3.05, 3.63) is 21.8 Å². The molecule has 27 heavy (non-hydrogen) atoms. The number of amides is 1. The summed E-state index contributed by atoms with van der Waals surface area (Å²) < 4.78 is 2.20. The molecule has 0 aromatic carbocycles. The number of hydrogen-bond acceptors (Lipinski definition) is 6. The number of thioether (sulfide) groups is 1. The molecule has 1 aliphatic heterocycles. The molecule has 4 rings (SSSR count). The Morgan fingerprint density at radius 3 is 2.74 bits per heavy atom. The van der Waals surface area contributed by atoms with Crippen molar-refractivity contribution in [1.82, 2.24) is 19.7 Å². The highest BCUT2D eigenvalue weighted by molar-refractivity contribution is 7.99. The quantitative estimate of drug-likeness (QED) is 0.704. The van der Waals surface area contributed by atoms with Crippen molar-refractivity contribution in [3.63, 3.8) is 0 Å². The molecule has 1 amide bonds. The van der Waals surface area contributed by atoms with Crippen molar-refractivity contribution in [2.75, 3.05) is 29.1 Å². The van der Waals surface area contributed by atoms with E-state index in [0.717, 1.165) is 37.0 Å². The number of aromatic nitrogens is 4. The number of pyridine rings is 1. The van der Waals surface area contributed by atoms with Gasteiger partial charge in [-0.3, -0.25) is 9.36 Å². The second-order valence-electron chi connectivity index (χ2n) is 6.81.